The second-order valence-electron chi connectivity index (χ2n) is 5.92. The van der Waals surface area contributed by atoms with Crippen molar-refractivity contribution >= 4 is 16.9 Å². The van der Waals surface area contributed by atoms with E-state index in [-0.39, 0.29) is 5.56 Å². The monoisotopic (exact) mass is 360 g/mol. The zero-order valence-corrected chi connectivity index (χ0v) is 14.3. The van der Waals surface area contributed by atoms with E-state index in [2.05, 4.69) is 15.4 Å². The smallest absolute Gasteiger partial charge is 0.349 e. The average Bonchev–Trinajstić information content (AvgIpc) is 3.17. The molecule has 0 fully saturated rings. The Bertz CT molecular complexity index is 1150. The van der Waals surface area contributed by atoms with Crippen LogP contribution in [0.2, 0.25) is 0 Å². The fraction of sp³-hybridized carbons (Fsp3) is 0.100. The molecule has 0 aliphatic carbocycles. The molecular weight excluding hydrogens is 344 g/mol. The molecule has 1 amide bonds. The standard InChI is InChI=1S/C20H16N4O3/c25-19(15-13-14-5-1-2-7-18(14)27-20(15)26)22-10-12-24-11-8-17(23-24)16-6-3-4-9-21-16/h1-9,11,13H,10,12H2,(H,22,25). The first-order chi connectivity index (χ1) is 13.2. The Labute approximate surface area is 154 Å². The fourth-order valence-corrected chi connectivity index (χ4v) is 2.74. The van der Waals surface area contributed by atoms with Crippen LogP contribution in [0.3, 0.4) is 0 Å². The summed E-state index contributed by atoms with van der Waals surface area (Å²) in [5.74, 6) is -0.466. The number of nitrogens with one attached hydrogen (secondary N) is 1. The van der Waals surface area contributed by atoms with Gasteiger partial charge in [0.15, 0.2) is 0 Å². The highest BCUT2D eigenvalue weighted by Crippen LogP contribution is 2.13. The maximum atomic E-state index is 12.3. The van der Waals surface area contributed by atoms with Crippen molar-refractivity contribution < 1.29 is 9.21 Å². The first-order valence-corrected chi connectivity index (χ1v) is 8.47. The van der Waals surface area contributed by atoms with E-state index in [9.17, 15) is 9.59 Å². The van der Waals surface area contributed by atoms with Gasteiger partial charge in [0.2, 0.25) is 0 Å². The largest absolute Gasteiger partial charge is 0.422 e. The van der Waals surface area contributed by atoms with Crippen molar-refractivity contribution in [2.45, 2.75) is 6.54 Å². The normalized spacial score (nSPS) is 10.8. The molecule has 3 heterocycles. The summed E-state index contributed by atoms with van der Waals surface area (Å²) in [7, 11) is 0. The molecule has 0 saturated carbocycles. The first kappa shape index (κ1) is 16.7. The minimum atomic E-state index is -0.650. The molecule has 4 aromatic rings. The molecule has 0 aliphatic heterocycles. The Morgan fingerprint density at radius 2 is 1.93 bits per heavy atom. The number of aromatic nitrogens is 3. The Kier molecular flexibility index (Phi) is 4.49. The van der Waals surface area contributed by atoms with Crippen LogP contribution in [0.15, 0.2) is 76.2 Å². The Morgan fingerprint density at radius 3 is 2.78 bits per heavy atom. The number of hydrogen-bond donors (Lipinski definition) is 1. The van der Waals surface area contributed by atoms with Gasteiger partial charge in [-0.2, -0.15) is 5.10 Å². The number of nitrogens with zero attached hydrogens (tertiary/aromatic N) is 3. The third-order valence-corrected chi connectivity index (χ3v) is 4.08. The minimum absolute atomic E-state index is 0.0108. The van der Waals surface area contributed by atoms with Gasteiger partial charge in [0.1, 0.15) is 16.8 Å². The molecule has 0 unspecified atom stereocenters. The highest BCUT2D eigenvalue weighted by molar-refractivity contribution is 5.96. The summed E-state index contributed by atoms with van der Waals surface area (Å²) in [4.78, 5) is 28.6. The summed E-state index contributed by atoms with van der Waals surface area (Å²) in [6, 6.07) is 16.1. The van der Waals surface area contributed by atoms with Gasteiger partial charge in [0, 0.05) is 24.3 Å². The van der Waals surface area contributed by atoms with E-state index >= 15 is 0 Å². The zero-order valence-electron chi connectivity index (χ0n) is 14.3. The van der Waals surface area contributed by atoms with Crippen LogP contribution in [0.4, 0.5) is 0 Å². The maximum Gasteiger partial charge on any atom is 0.349 e. The molecule has 0 saturated heterocycles. The van der Waals surface area contributed by atoms with E-state index < -0.39 is 11.5 Å². The van der Waals surface area contributed by atoms with Crippen LogP contribution in [0, 0.1) is 0 Å². The molecule has 27 heavy (non-hydrogen) atoms. The molecule has 134 valence electrons. The number of rotatable bonds is 5. The third-order valence-electron chi connectivity index (χ3n) is 4.08. The molecular formula is C20H16N4O3. The van der Waals surface area contributed by atoms with E-state index in [4.69, 9.17) is 4.42 Å². The van der Waals surface area contributed by atoms with E-state index in [1.54, 1.807) is 35.1 Å². The van der Waals surface area contributed by atoms with Crippen molar-refractivity contribution in [1.29, 1.82) is 0 Å². The summed E-state index contributed by atoms with van der Waals surface area (Å²) < 4.78 is 6.91. The van der Waals surface area contributed by atoms with Gasteiger partial charge in [-0.25, -0.2) is 4.79 Å². The zero-order chi connectivity index (χ0) is 18.6. The third kappa shape index (κ3) is 3.62. The van der Waals surface area contributed by atoms with Crippen molar-refractivity contribution in [3.8, 4) is 11.4 Å². The molecule has 1 aromatic carbocycles. The van der Waals surface area contributed by atoms with Gasteiger partial charge < -0.3 is 9.73 Å². The van der Waals surface area contributed by atoms with Crippen molar-refractivity contribution in [2.24, 2.45) is 0 Å². The van der Waals surface area contributed by atoms with Crippen LogP contribution in [0.25, 0.3) is 22.4 Å². The predicted molar refractivity (Wildman–Crippen MR) is 100 cm³/mol. The van der Waals surface area contributed by atoms with E-state index in [0.717, 1.165) is 11.4 Å². The lowest BCUT2D eigenvalue weighted by Crippen LogP contribution is -2.31. The SMILES string of the molecule is O=C(NCCn1ccc(-c2ccccn2)n1)c1cc2ccccc2oc1=O. The Morgan fingerprint density at radius 1 is 1.07 bits per heavy atom. The number of hydrogen-bond acceptors (Lipinski definition) is 5. The predicted octanol–water partition coefficient (Wildman–Crippen LogP) is 2.48. The number of para-hydroxylation sites is 1. The summed E-state index contributed by atoms with van der Waals surface area (Å²) >= 11 is 0. The minimum Gasteiger partial charge on any atom is -0.422 e. The average molecular weight is 360 g/mol. The van der Waals surface area contributed by atoms with Crippen LogP contribution < -0.4 is 10.9 Å². The van der Waals surface area contributed by atoms with Gasteiger partial charge in [0.25, 0.3) is 5.91 Å². The van der Waals surface area contributed by atoms with Crippen LogP contribution in [0.5, 0.6) is 0 Å². The molecule has 4 rings (SSSR count). The van der Waals surface area contributed by atoms with Crippen LogP contribution in [-0.4, -0.2) is 27.2 Å². The summed E-state index contributed by atoms with van der Waals surface area (Å²) in [5, 5.41) is 7.86. The maximum absolute atomic E-state index is 12.3. The van der Waals surface area contributed by atoms with Crippen molar-refractivity contribution in [3.05, 3.63) is 83.0 Å². The lowest BCUT2D eigenvalue weighted by Gasteiger charge is -2.05. The second kappa shape index (κ2) is 7.25. The number of amides is 1. The number of carbonyl (C=O) groups excluding carboxylic acids is 1. The summed E-state index contributed by atoms with van der Waals surface area (Å²) in [5.41, 5.74) is 1.34. The van der Waals surface area contributed by atoms with Gasteiger partial charge in [-0.05, 0) is 30.3 Å². The van der Waals surface area contributed by atoms with Crippen LogP contribution in [0.1, 0.15) is 10.4 Å². The van der Waals surface area contributed by atoms with Gasteiger partial charge in [-0.1, -0.05) is 24.3 Å². The number of pyridine rings is 1. The molecule has 0 bridgehead atoms. The topological polar surface area (TPSA) is 90.0 Å². The lowest BCUT2D eigenvalue weighted by atomic mass is 10.2. The molecule has 7 heteroatoms. The molecule has 0 aliphatic rings. The summed E-state index contributed by atoms with van der Waals surface area (Å²) in [6.07, 6.45) is 3.53. The van der Waals surface area contributed by atoms with Gasteiger partial charge in [-0.3, -0.25) is 14.5 Å². The molecule has 0 radical (unpaired) electrons. The molecule has 1 N–H and O–H groups in total. The lowest BCUT2D eigenvalue weighted by molar-refractivity contribution is 0.0948. The highest BCUT2D eigenvalue weighted by atomic mass is 16.4. The van der Waals surface area contributed by atoms with Crippen LogP contribution in [-0.2, 0) is 6.54 Å². The van der Waals surface area contributed by atoms with Crippen molar-refractivity contribution in [2.75, 3.05) is 6.54 Å². The van der Waals surface area contributed by atoms with E-state index in [1.807, 2.05) is 36.5 Å². The number of carbonyl (C=O) groups is 1. The van der Waals surface area contributed by atoms with Gasteiger partial charge in [0.05, 0.1) is 12.2 Å². The fourth-order valence-electron chi connectivity index (χ4n) is 2.74. The van der Waals surface area contributed by atoms with Crippen molar-refractivity contribution in [1.82, 2.24) is 20.1 Å². The van der Waals surface area contributed by atoms with E-state index in [1.165, 1.54) is 0 Å². The molecule has 0 spiro atoms. The van der Waals surface area contributed by atoms with E-state index in [0.29, 0.717) is 24.1 Å². The number of fused-ring (bicyclic) bond motifs is 1. The van der Waals surface area contributed by atoms with Crippen LogP contribution >= 0.6 is 0 Å². The molecule has 3 aromatic heterocycles. The van der Waals surface area contributed by atoms with Crippen molar-refractivity contribution in [3.63, 3.8) is 0 Å². The van der Waals surface area contributed by atoms with Gasteiger partial charge >= 0.3 is 5.63 Å². The summed E-state index contributed by atoms with van der Waals surface area (Å²) in [6.45, 7) is 0.798. The van der Waals surface area contributed by atoms with Gasteiger partial charge in [-0.15, -0.1) is 0 Å². The second-order valence-corrected chi connectivity index (χ2v) is 5.92. The number of benzene rings is 1. The first-order valence-electron chi connectivity index (χ1n) is 8.47. The Hall–Kier alpha value is -3.74. The Balaban J connectivity index is 1.41. The molecule has 0 atom stereocenters. The highest BCUT2D eigenvalue weighted by Gasteiger charge is 2.13. The quantitative estimate of drug-likeness (QED) is 0.552. The molecule has 7 nitrogen and oxygen atoms in total.